The van der Waals surface area contributed by atoms with Gasteiger partial charge in [-0.3, -0.25) is 0 Å². The molecule has 2 rings (SSSR count). The molecule has 0 spiro atoms. The molecule has 0 saturated carbocycles. The van der Waals surface area contributed by atoms with Crippen molar-refractivity contribution in [3.63, 3.8) is 0 Å². The van der Waals surface area contributed by atoms with Crippen LogP contribution in [-0.2, 0) is 0 Å². The van der Waals surface area contributed by atoms with E-state index >= 15 is 0 Å². The van der Waals surface area contributed by atoms with Crippen LogP contribution in [0, 0.1) is 32.4 Å². The Morgan fingerprint density at radius 1 is 1.05 bits per heavy atom. The van der Waals surface area contributed by atoms with E-state index in [-0.39, 0.29) is 6.04 Å². The minimum atomic E-state index is -0.435. The lowest BCUT2D eigenvalue weighted by Crippen LogP contribution is -2.16. The van der Waals surface area contributed by atoms with Crippen molar-refractivity contribution >= 4 is 11.8 Å². The lowest BCUT2D eigenvalue weighted by molar-refractivity contribution is 0.577. The van der Waals surface area contributed by atoms with E-state index in [1.54, 1.807) is 0 Å². The number of nitrogens with two attached hydrogens (primary N) is 1. The monoisotopic (exact) mass is 307 g/mol. The summed E-state index contributed by atoms with van der Waals surface area (Å²) in [5.41, 5.74) is 10.8. The van der Waals surface area contributed by atoms with Crippen LogP contribution in [0.2, 0.25) is 0 Å². The summed E-state index contributed by atoms with van der Waals surface area (Å²) in [6.45, 7) is 6.11. The van der Waals surface area contributed by atoms with E-state index in [9.17, 15) is 8.78 Å². The van der Waals surface area contributed by atoms with Crippen LogP contribution in [0.25, 0.3) is 0 Å². The van der Waals surface area contributed by atoms with Crippen LogP contribution in [0.1, 0.15) is 28.3 Å². The summed E-state index contributed by atoms with van der Waals surface area (Å²) in [6.07, 6.45) is 0. The molecule has 0 radical (unpaired) electrons. The van der Waals surface area contributed by atoms with Gasteiger partial charge in [0.15, 0.2) is 0 Å². The van der Waals surface area contributed by atoms with E-state index in [4.69, 9.17) is 5.73 Å². The Bertz CT molecular complexity index is 632. The standard InChI is InChI=1S/C17H19F2NS/c1-10-6-11(2)17(12(3)7-10)15(20)9-21-16-8-13(18)4-5-14(16)19/h4-8,15H,9,20H2,1-3H3. The highest BCUT2D eigenvalue weighted by molar-refractivity contribution is 7.99. The van der Waals surface area contributed by atoms with E-state index in [0.717, 1.165) is 28.8 Å². The molecule has 112 valence electrons. The quantitative estimate of drug-likeness (QED) is 0.830. The van der Waals surface area contributed by atoms with Crippen molar-refractivity contribution in [2.24, 2.45) is 5.73 Å². The number of rotatable bonds is 4. The number of hydrogen-bond acceptors (Lipinski definition) is 2. The van der Waals surface area contributed by atoms with Crippen molar-refractivity contribution in [1.29, 1.82) is 0 Å². The molecule has 0 saturated heterocycles. The molecule has 21 heavy (non-hydrogen) atoms. The molecule has 0 aliphatic heterocycles. The zero-order valence-electron chi connectivity index (χ0n) is 12.4. The first-order valence-corrected chi connectivity index (χ1v) is 7.78. The van der Waals surface area contributed by atoms with Crippen molar-refractivity contribution in [3.8, 4) is 0 Å². The highest BCUT2D eigenvalue weighted by atomic mass is 32.2. The van der Waals surface area contributed by atoms with Gasteiger partial charge in [0.2, 0.25) is 0 Å². The zero-order chi connectivity index (χ0) is 15.6. The highest BCUT2D eigenvalue weighted by Crippen LogP contribution is 2.29. The Kier molecular flexibility index (Phi) is 5.01. The van der Waals surface area contributed by atoms with Gasteiger partial charge >= 0.3 is 0 Å². The maximum atomic E-state index is 13.6. The summed E-state index contributed by atoms with van der Waals surface area (Å²) in [5, 5.41) is 0. The molecule has 0 aliphatic rings. The lowest BCUT2D eigenvalue weighted by Gasteiger charge is -2.18. The van der Waals surface area contributed by atoms with Crippen LogP contribution < -0.4 is 5.73 Å². The molecule has 0 aliphatic carbocycles. The third-order valence-corrected chi connectivity index (χ3v) is 4.57. The number of thioether (sulfide) groups is 1. The maximum Gasteiger partial charge on any atom is 0.136 e. The SMILES string of the molecule is Cc1cc(C)c(C(N)CSc2cc(F)ccc2F)c(C)c1. The zero-order valence-corrected chi connectivity index (χ0v) is 13.2. The summed E-state index contributed by atoms with van der Waals surface area (Å²) in [6, 6.07) is 7.45. The van der Waals surface area contributed by atoms with Crippen LogP contribution >= 0.6 is 11.8 Å². The topological polar surface area (TPSA) is 26.0 Å². The summed E-state index contributed by atoms with van der Waals surface area (Å²) in [5.74, 6) is -0.341. The largest absolute Gasteiger partial charge is 0.323 e. The van der Waals surface area contributed by atoms with Crippen LogP contribution in [0.4, 0.5) is 8.78 Å². The minimum Gasteiger partial charge on any atom is -0.323 e. The third kappa shape index (κ3) is 3.83. The first-order valence-electron chi connectivity index (χ1n) is 6.79. The van der Waals surface area contributed by atoms with Crippen LogP contribution in [-0.4, -0.2) is 5.75 Å². The molecule has 1 nitrogen and oxygen atoms in total. The fourth-order valence-electron chi connectivity index (χ4n) is 2.63. The fraction of sp³-hybridized carbons (Fsp3) is 0.294. The minimum absolute atomic E-state index is 0.210. The van der Waals surface area contributed by atoms with E-state index in [1.165, 1.54) is 23.4 Å². The Morgan fingerprint density at radius 2 is 1.67 bits per heavy atom. The number of aryl methyl sites for hydroxylation is 3. The van der Waals surface area contributed by atoms with Gasteiger partial charge in [0.25, 0.3) is 0 Å². The van der Waals surface area contributed by atoms with Crippen LogP contribution in [0.5, 0.6) is 0 Å². The van der Waals surface area contributed by atoms with Crippen LogP contribution in [0.15, 0.2) is 35.2 Å². The molecule has 2 N–H and O–H groups in total. The van der Waals surface area contributed by atoms with Gasteiger partial charge in [-0.25, -0.2) is 8.78 Å². The van der Waals surface area contributed by atoms with Crippen molar-refractivity contribution in [1.82, 2.24) is 0 Å². The summed E-state index contributed by atoms with van der Waals surface area (Å²) in [7, 11) is 0. The van der Waals surface area contributed by atoms with E-state index in [2.05, 4.69) is 12.1 Å². The van der Waals surface area contributed by atoms with Gasteiger partial charge in [0.05, 0.1) is 0 Å². The average Bonchev–Trinajstić information content (AvgIpc) is 2.38. The molecule has 4 heteroatoms. The highest BCUT2D eigenvalue weighted by Gasteiger charge is 2.14. The van der Waals surface area contributed by atoms with E-state index in [1.807, 2.05) is 20.8 Å². The summed E-state index contributed by atoms with van der Waals surface area (Å²) >= 11 is 1.25. The predicted molar refractivity (Wildman–Crippen MR) is 84.7 cm³/mol. The molecule has 0 amide bonds. The molecule has 2 aromatic rings. The molecule has 0 fully saturated rings. The van der Waals surface area contributed by atoms with Gasteiger partial charge in [-0.15, -0.1) is 11.8 Å². The van der Waals surface area contributed by atoms with Crippen molar-refractivity contribution < 1.29 is 8.78 Å². The lowest BCUT2D eigenvalue weighted by atomic mass is 9.95. The van der Waals surface area contributed by atoms with Crippen molar-refractivity contribution in [2.75, 3.05) is 5.75 Å². The predicted octanol–water partition coefficient (Wildman–Crippen LogP) is 4.68. The molecule has 0 bridgehead atoms. The van der Waals surface area contributed by atoms with Crippen LogP contribution in [0.3, 0.4) is 0 Å². The first kappa shape index (κ1) is 16.0. The molecule has 0 aromatic heterocycles. The third-order valence-electron chi connectivity index (χ3n) is 3.42. The van der Waals surface area contributed by atoms with Gasteiger partial charge in [-0.1, -0.05) is 17.7 Å². The average molecular weight is 307 g/mol. The Labute approximate surface area is 128 Å². The first-order chi connectivity index (χ1) is 9.88. The Morgan fingerprint density at radius 3 is 2.29 bits per heavy atom. The molecule has 1 unspecified atom stereocenters. The van der Waals surface area contributed by atoms with E-state index < -0.39 is 11.6 Å². The van der Waals surface area contributed by atoms with Gasteiger partial charge < -0.3 is 5.73 Å². The van der Waals surface area contributed by atoms with Gasteiger partial charge in [0.1, 0.15) is 11.6 Å². The fourth-order valence-corrected chi connectivity index (χ4v) is 3.55. The molecular formula is C17H19F2NS. The van der Waals surface area contributed by atoms with E-state index in [0.29, 0.717) is 10.6 Å². The smallest absolute Gasteiger partial charge is 0.136 e. The Balaban J connectivity index is 2.15. The molecule has 2 aromatic carbocycles. The normalized spacial score (nSPS) is 12.5. The second kappa shape index (κ2) is 6.58. The maximum absolute atomic E-state index is 13.6. The number of hydrogen-bond donors (Lipinski definition) is 1. The van der Waals surface area contributed by atoms with Gasteiger partial charge in [0, 0.05) is 16.7 Å². The molecule has 0 heterocycles. The second-order valence-electron chi connectivity index (χ2n) is 5.30. The second-order valence-corrected chi connectivity index (χ2v) is 6.37. The Hall–Kier alpha value is -1.39. The molecular weight excluding hydrogens is 288 g/mol. The summed E-state index contributed by atoms with van der Waals surface area (Å²) in [4.78, 5) is 0.299. The van der Waals surface area contributed by atoms with Crippen molar-refractivity contribution in [2.45, 2.75) is 31.7 Å². The molecule has 1 atom stereocenters. The van der Waals surface area contributed by atoms with Gasteiger partial charge in [-0.2, -0.15) is 0 Å². The number of benzene rings is 2. The van der Waals surface area contributed by atoms with Crippen molar-refractivity contribution in [3.05, 3.63) is 64.2 Å². The van der Waals surface area contributed by atoms with Gasteiger partial charge in [-0.05, 0) is 55.7 Å². The summed E-state index contributed by atoms with van der Waals surface area (Å²) < 4.78 is 26.8. The number of halogens is 2.